The van der Waals surface area contributed by atoms with Gasteiger partial charge in [-0.2, -0.15) is 0 Å². The van der Waals surface area contributed by atoms with Gasteiger partial charge in [0.15, 0.2) is 8.32 Å². The van der Waals surface area contributed by atoms with Crippen LogP contribution in [0.15, 0.2) is 0 Å². The van der Waals surface area contributed by atoms with Gasteiger partial charge in [-0.15, -0.1) is 0 Å². The maximum absolute atomic E-state index is 12.5. The average Bonchev–Trinajstić information content (AvgIpc) is 2.69. The van der Waals surface area contributed by atoms with Crippen LogP contribution in [0, 0.1) is 16.7 Å². The number of rotatable bonds is 3. The fraction of sp³-hybridized carbons (Fsp3) is 0.905. The highest BCUT2D eigenvalue weighted by atomic mass is 28.4. The van der Waals surface area contributed by atoms with Crippen molar-refractivity contribution in [2.24, 2.45) is 16.7 Å². The van der Waals surface area contributed by atoms with Crippen molar-refractivity contribution in [2.45, 2.75) is 104 Å². The zero-order chi connectivity index (χ0) is 20.1. The summed E-state index contributed by atoms with van der Waals surface area (Å²) in [4.78, 5) is 24.6. The smallest absolute Gasteiger partial charge is 0.311 e. The van der Waals surface area contributed by atoms with Gasteiger partial charge in [-0.25, -0.2) is 0 Å². The third kappa shape index (κ3) is 4.09. The molecule has 2 aliphatic carbocycles. The Morgan fingerprint density at radius 1 is 1.15 bits per heavy atom. The fourth-order valence-corrected chi connectivity index (χ4v) is 5.36. The van der Waals surface area contributed by atoms with Gasteiger partial charge in [-0.3, -0.25) is 9.59 Å². The Bertz CT molecular complexity index is 570. The molecule has 0 amide bonds. The molecule has 0 aromatic heterocycles. The summed E-state index contributed by atoms with van der Waals surface area (Å²) in [7, 11) is -1.94. The first-order chi connectivity index (χ1) is 11.6. The summed E-state index contributed by atoms with van der Waals surface area (Å²) in [6.45, 7) is 19.1. The largest absolute Gasteiger partial charge is 0.462 e. The van der Waals surface area contributed by atoms with Crippen molar-refractivity contribution in [3.05, 3.63) is 0 Å². The minimum absolute atomic E-state index is 0.0549. The van der Waals surface area contributed by atoms with Gasteiger partial charge < -0.3 is 9.16 Å². The van der Waals surface area contributed by atoms with Crippen molar-refractivity contribution in [2.75, 3.05) is 0 Å². The number of ketones is 1. The molecule has 0 heterocycles. The van der Waals surface area contributed by atoms with E-state index in [0.717, 1.165) is 6.42 Å². The molecule has 0 aromatic rings. The number of hydrogen-bond acceptors (Lipinski definition) is 4. The van der Waals surface area contributed by atoms with E-state index in [2.05, 4.69) is 40.8 Å². The van der Waals surface area contributed by atoms with Crippen LogP contribution in [-0.2, 0) is 18.8 Å². The lowest BCUT2D eigenvalue weighted by Gasteiger charge is -2.45. The summed E-state index contributed by atoms with van der Waals surface area (Å²) in [6, 6.07) is 0. The molecule has 0 spiro atoms. The highest BCUT2D eigenvalue weighted by Crippen LogP contribution is 2.55. The standard InChI is InChI=1S/C21H38O4Si/c1-19(2,3)18(23)24-16-13-17(25-26(8,9)20(4,5)6)21(7)11-10-14(22)12-15(16)21/h15-17H,10-13H2,1-9H3/t15-,16+,17+,21+/m1/s1. The topological polar surface area (TPSA) is 52.6 Å². The van der Waals surface area contributed by atoms with Gasteiger partial charge >= 0.3 is 5.97 Å². The van der Waals surface area contributed by atoms with Crippen LogP contribution in [-0.4, -0.2) is 32.3 Å². The first kappa shape index (κ1) is 21.6. The molecule has 0 saturated heterocycles. The number of hydrogen-bond donors (Lipinski definition) is 0. The van der Waals surface area contributed by atoms with Crippen LogP contribution in [0.5, 0.6) is 0 Å². The summed E-state index contributed by atoms with van der Waals surface area (Å²) in [5.41, 5.74) is -0.625. The van der Waals surface area contributed by atoms with Crippen LogP contribution in [0.1, 0.15) is 74.1 Å². The number of carbonyl (C=O) groups is 2. The maximum atomic E-state index is 12.5. The first-order valence-corrected chi connectivity index (χ1v) is 12.9. The van der Waals surface area contributed by atoms with Crippen LogP contribution in [0.2, 0.25) is 18.1 Å². The molecule has 150 valence electrons. The second-order valence-corrected chi connectivity index (χ2v) is 15.9. The fourth-order valence-electron chi connectivity index (χ4n) is 3.93. The van der Waals surface area contributed by atoms with Crippen LogP contribution in [0.4, 0.5) is 0 Å². The Morgan fingerprint density at radius 2 is 1.73 bits per heavy atom. The van der Waals surface area contributed by atoms with Gasteiger partial charge in [0.25, 0.3) is 0 Å². The van der Waals surface area contributed by atoms with Gasteiger partial charge in [-0.05, 0) is 50.7 Å². The number of Topliss-reactive ketones (excluding diaryl/α,β-unsaturated/α-hetero) is 1. The van der Waals surface area contributed by atoms with E-state index in [1.54, 1.807) is 0 Å². The predicted octanol–water partition coefficient (Wildman–Crippen LogP) is 5.11. The van der Waals surface area contributed by atoms with Gasteiger partial charge in [-0.1, -0.05) is 27.7 Å². The molecule has 0 aliphatic heterocycles. The van der Waals surface area contributed by atoms with Crippen molar-refractivity contribution in [1.82, 2.24) is 0 Å². The van der Waals surface area contributed by atoms with E-state index >= 15 is 0 Å². The summed E-state index contributed by atoms with van der Waals surface area (Å²) in [5, 5.41) is 0.128. The Balaban J connectivity index is 2.28. The molecular weight excluding hydrogens is 344 g/mol. The zero-order valence-electron chi connectivity index (χ0n) is 18.2. The molecule has 26 heavy (non-hydrogen) atoms. The maximum Gasteiger partial charge on any atom is 0.311 e. The minimum atomic E-state index is -1.94. The number of ether oxygens (including phenoxy) is 1. The van der Waals surface area contributed by atoms with Gasteiger partial charge in [0.05, 0.1) is 11.5 Å². The number of fused-ring (bicyclic) bond motifs is 1. The molecule has 0 bridgehead atoms. The highest BCUT2D eigenvalue weighted by Gasteiger charge is 2.58. The molecule has 2 rings (SSSR count). The van der Waals surface area contributed by atoms with E-state index < -0.39 is 13.7 Å². The minimum Gasteiger partial charge on any atom is -0.462 e. The quantitative estimate of drug-likeness (QED) is 0.502. The van der Waals surface area contributed by atoms with Gasteiger partial charge in [0, 0.05) is 25.2 Å². The highest BCUT2D eigenvalue weighted by molar-refractivity contribution is 6.74. The van der Waals surface area contributed by atoms with Crippen molar-refractivity contribution < 1.29 is 18.8 Å². The Morgan fingerprint density at radius 3 is 2.23 bits per heavy atom. The van der Waals surface area contributed by atoms with E-state index in [1.165, 1.54) is 0 Å². The lowest BCUT2D eigenvalue weighted by molar-refractivity contribution is -0.162. The first-order valence-electron chi connectivity index (χ1n) is 9.98. The molecule has 2 fully saturated rings. The van der Waals surface area contributed by atoms with E-state index in [1.807, 2.05) is 20.8 Å². The summed E-state index contributed by atoms with van der Waals surface area (Å²) >= 11 is 0. The monoisotopic (exact) mass is 382 g/mol. The molecule has 0 radical (unpaired) electrons. The van der Waals surface area contributed by atoms with Crippen LogP contribution < -0.4 is 0 Å². The molecule has 0 unspecified atom stereocenters. The lowest BCUT2D eigenvalue weighted by atomic mass is 9.68. The van der Waals surface area contributed by atoms with E-state index in [-0.39, 0.29) is 40.3 Å². The van der Waals surface area contributed by atoms with Crippen LogP contribution in [0.25, 0.3) is 0 Å². The molecule has 4 nitrogen and oxygen atoms in total. The molecule has 4 atom stereocenters. The summed E-state index contributed by atoms with van der Waals surface area (Å²) in [6.07, 6.45) is 2.51. The Kier molecular flexibility index (Phi) is 5.60. The zero-order valence-corrected chi connectivity index (χ0v) is 19.2. The van der Waals surface area contributed by atoms with Gasteiger partial charge in [0.2, 0.25) is 0 Å². The van der Waals surface area contributed by atoms with Crippen molar-refractivity contribution in [3.63, 3.8) is 0 Å². The van der Waals surface area contributed by atoms with Crippen LogP contribution in [0.3, 0.4) is 0 Å². The second kappa shape index (κ2) is 6.73. The van der Waals surface area contributed by atoms with E-state index in [0.29, 0.717) is 19.3 Å². The lowest BCUT2D eigenvalue weighted by Crippen LogP contribution is -2.49. The van der Waals surface area contributed by atoms with Crippen LogP contribution >= 0.6 is 0 Å². The van der Waals surface area contributed by atoms with Crippen molar-refractivity contribution in [3.8, 4) is 0 Å². The summed E-state index contributed by atoms with van der Waals surface area (Å²) < 4.78 is 12.7. The predicted molar refractivity (Wildman–Crippen MR) is 106 cm³/mol. The molecule has 2 saturated carbocycles. The molecule has 0 aromatic carbocycles. The average molecular weight is 383 g/mol. The van der Waals surface area contributed by atoms with Gasteiger partial charge in [0.1, 0.15) is 11.9 Å². The number of carbonyl (C=O) groups excluding carboxylic acids is 2. The molecular formula is C21H38O4Si. The van der Waals surface area contributed by atoms with E-state index in [4.69, 9.17) is 9.16 Å². The molecule has 0 N–H and O–H groups in total. The SMILES string of the molecule is CC(C)(C)C(=O)O[C@H]1C[C@H](O[Si](C)(C)C(C)(C)C)[C@@]2(C)CCC(=O)C[C@H]12. The molecule has 5 heteroatoms. The Labute approximate surface area is 160 Å². The van der Waals surface area contributed by atoms with E-state index in [9.17, 15) is 9.59 Å². The third-order valence-electron chi connectivity index (χ3n) is 6.98. The van der Waals surface area contributed by atoms with Crippen molar-refractivity contribution in [1.29, 1.82) is 0 Å². The van der Waals surface area contributed by atoms with Crippen molar-refractivity contribution >= 4 is 20.1 Å². The normalized spacial score (nSPS) is 33.1. The number of esters is 1. The second-order valence-electron chi connectivity index (χ2n) is 11.2. The third-order valence-corrected chi connectivity index (χ3v) is 11.5. The molecule has 2 aliphatic rings. The summed E-state index contributed by atoms with van der Waals surface area (Å²) in [5.74, 6) is 0.179. The Hall–Kier alpha value is -0.683.